The highest BCUT2D eigenvalue weighted by molar-refractivity contribution is 5.79. The molecule has 1 aromatic carbocycles. The third-order valence-corrected chi connectivity index (χ3v) is 3.02. The maximum absolute atomic E-state index is 11.8. The lowest BCUT2D eigenvalue weighted by molar-refractivity contribution is -0.146. The molecular formula is C16H21NO4. The number of benzene rings is 1. The second-order valence-electron chi connectivity index (χ2n) is 6.19. The predicted octanol–water partition coefficient (Wildman–Crippen LogP) is 2.64. The van der Waals surface area contributed by atoms with Crippen molar-refractivity contribution in [2.75, 3.05) is 0 Å². The van der Waals surface area contributed by atoms with Gasteiger partial charge in [-0.05, 0) is 32.8 Å². The number of hydrogen-bond acceptors (Lipinski definition) is 4. The minimum atomic E-state index is -0.539. The van der Waals surface area contributed by atoms with E-state index in [1.165, 1.54) is 0 Å². The summed E-state index contributed by atoms with van der Waals surface area (Å²) < 4.78 is 10.4. The van der Waals surface area contributed by atoms with Crippen molar-refractivity contribution in [1.82, 2.24) is 5.32 Å². The van der Waals surface area contributed by atoms with Crippen molar-refractivity contribution in [2.24, 2.45) is 5.92 Å². The normalized spacial score (nSPS) is 20.5. The molecule has 1 saturated carbocycles. The van der Waals surface area contributed by atoms with Crippen molar-refractivity contribution in [3.8, 4) is 0 Å². The lowest BCUT2D eigenvalue weighted by Gasteiger charge is -2.19. The fourth-order valence-corrected chi connectivity index (χ4v) is 1.91. The molecule has 1 amide bonds. The summed E-state index contributed by atoms with van der Waals surface area (Å²) in [4.78, 5) is 23.4. The lowest BCUT2D eigenvalue weighted by Crippen LogP contribution is -2.35. The van der Waals surface area contributed by atoms with Gasteiger partial charge < -0.3 is 14.8 Å². The summed E-state index contributed by atoms with van der Waals surface area (Å²) in [5.41, 5.74) is 0.408. The van der Waals surface area contributed by atoms with Crippen LogP contribution in [0.4, 0.5) is 4.79 Å². The fourth-order valence-electron chi connectivity index (χ4n) is 1.91. The van der Waals surface area contributed by atoms with E-state index in [2.05, 4.69) is 5.32 Å². The molecule has 1 fully saturated rings. The Labute approximate surface area is 124 Å². The van der Waals surface area contributed by atoms with Crippen LogP contribution in [0, 0.1) is 5.92 Å². The number of carbonyl (C=O) groups excluding carboxylic acids is 2. The molecule has 1 N–H and O–H groups in total. The Balaban J connectivity index is 1.71. The van der Waals surface area contributed by atoms with Crippen LogP contribution < -0.4 is 5.32 Å². The van der Waals surface area contributed by atoms with Crippen LogP contribution in [-0.4, -0.2) is 23.7 Å². The highest BCUT2D eigenvalue weighted by Crippen LogP contribution is 2.32. The molecule has 1 aliphatic carbocycles. The number of alkyl carbamates (subject to hydrolysis) is 1. The largest absolute Gasteiger partial charge is 0.461 e. The molecule has 0 aliphatic heterocycles. The van der Waals surface area contributed by atoms with Gasteiger partial charge in [0.1, 0.15) is 12.2 Å². The summed E-state index contributed by atoms with van der Waals surface area (Å²) >= 11 is 0. The first-order valence-electron chi connectivity index (χ1n) is 7.05. The number of rotatable bonds is 4. The van der Waals surface area contributed by atoms with Crippen LogP contribution in [0.2, 0.25) is 0 Å². The fraction of sp³-hybridized carbons (Fsp3) is 0.500. The zero-order valence-electron chi connectivity index (χ0n) is 12.6. The van der Waals surface area contributed by atoms with Crippen LogP contribution in [0.5, 0.6) is 0 Å². The highest BCUT2D eigenvalue weighted by atomic mass is 16.6. The molecule has 5 nitrogen and oxygen atoms in total. The van der Waals surface area contributed by atoms with Crippen molar-refractivity contribution in [1.29, 1.82) is 0 Å². The third-order valence-electron chi connectivity index (χ3n) is 3.02. The molecule has 21 heavy (non-hydrogen) atoms. The topological polar surface area (TPSA) is 64.6 Å². The molecule has 2 rings (SSSR count). The van der Waals surface area contributed by atoms with Crippen molar-refractivity contribution < 1.29 is 19.1 Å². The average molecular weight is 291 g/mol. The predicted molar refractivity (Wildman–Crippen MR) is 77.5 cm³/mol. The quantitative estimate of drug-likeness (QED) is 0.866. The van der Waals surface area contributed by atoms with Gasteiger partial charge >= 0.3 is 12.1 Å². The number of carbonyl (C=O) groups is 2. The Morgan fingerprint density at radius 1 is 1.24 bits per heavy atom. The van der Waals surface area contributed by atoms with E-state index in [1.807, 2.05) is 30.3 Å². The van der Waals surface area contributed by atoms with E-state index in [4.69, 9.17) is 9.47 Å². The Bertz CT molecular complexity index is 507. The standard InChI is InChI=1S/C16H21NO4/c1-16(2,3)21-15(19)17-13-9-12(13)14(18)20-10-11-7-5-4-6-8-11/h4-8,12-13H,9-10H2,1-3H3,(H,17,19)/t12-,13+/m0/s1. The zero-order chi connectivity index (χ0) is 15.5. The van der Waals surface area contributed by atoms with Gasteiger partial charge in [0.2, 0.25) is 0 Å². The summed E-state index contributed by atoms with van der Waals surface area (Å²) in [6.07, 6.45) is 0.109. The van der Waals surface area contributed by atoms with Crippen LogP contribution in [0.1, 0.15) is 32.8 Å². The minimum Gasteiger partial charge on any atom is -0.461 e. The van der Waals surface area contributed by atoms with Gasteiger partial charge in [0, 0.05) is 6.04 Å². The highest BCUT2D eigenvalue weighted by Gasteiger charge is 2.46. The van der Waals surface area contributed by atoms with E-state index in [1.54, 1.807) is 20.8 Å². The molecule has 0 aromatic heterocycles. The number of hydrogen-bond donors (Lipinski definition) is 1. The maximum Gasteiger partial charge on any atom is 0.407 e. The first-order chi connectivity index (χ1) is 9.85. The molecule has 0 heterocycles. The van der Waals surface area contributed by atoms with E-state index in [0.29, 0.717) is 6.42 Å². The molecule has 114 valence electrons. The SMILES string of the molecule is CC(C)(C)OC(=O)N[C@@H]1C[C@@H]1C(=O)OCc1ccccc1. The molecule has 0 unspecified atom stereocenters. The number of nitrogens with one attached hydrogen (secondary N) is 1. The van der Waals surface area contributed by atoms with E-state index < -0.39 is 11.7 Å². The molecule has 2 atom stereocenters. The van der Waals surface area contributed by atoms with Gasteiger partial charge in [-0.3, -0.25) is 4.79 Å². The molecule has 0 spiro atoms. The van der Waals surface area contributed by atoms with Crippen LogP contribution in [0.25, 0.3) is 0 Å². The summed E-state index contributed by atoms with van der Waals surface area (Å²) in [7, 11) is 0. The average Bonchev–Trinajstić information content (AvgIpc) is 3.14. The van der Waals surface area contributed by atoms with Crippen molar-refractivity contribution in [3.05, 3.63) is 35.9 Å². The maximum atomic E-state index is 11.8. The number of ether oxygens (including phenoxy) is 2. The van der Waals surface area contributed by atoms with Gasteiger partial charge in [-0.15, -0.1) is 0 Å². The molecule has 0 radical (unpaired) electrons. The van der Waals surface area contributed by atoms with Gasteiger partial charge in [-0.25, -0.2) is 4.79 Å². The first kappa shape index (κ1) is 15.4. The summed E-state index contributed by atoms with van der Waals surface area (Å²) in [6.45, 7) is 5.65. The van der Waals surface area contributed by atoms with Gasteiger partial charge in [0.15, 0.2) is 0 Å². The first-order valence-corrected chi connectivity index (χ1v) is 7.05. The van der Waals surface area contributed by atoms with Crippen LogP contribution in [0.15, 0.2) is 30.3 Å². The monoisotopic (exact) mass is 291 g/mol. The van der Waals surface area contributed by atoms with E-state index >= 15 is 0 Å². The van der Waals surface area contributed by atoms with Gasteiger partial charge in [0.25, 0.3) is 0 Å². The van der Waals surface area contributed by atoms with Crippen molar-refractivity contribution >= 4 is 12.1 Å². The summed E-state index contributed by atoms with van der Waals surface area (Å²) in [5, 5.41) is 2.68. The smallest absolute Gasteiger partial charge is 0.407 e. The van der Waals surface area contributed by atoms with Crippen molar-refractivity contribution in [3.63, 3.8) is 0 Å². The molecule has 5 heteroatoms. The van der Waals surface area contributed by atoms with E-state index in [0.717, 1.165) is 5.56 Å². The van der Waals surface area contributed by atoms with Crippen LogP contribution in [0.3, 0.4) is 0 Å². The molecule has 1 aromatic rings. The summed E-state index contributed by atoms with van der Waals surface area (Å²) in [5.74, 6) is -0.541. The molecule has 0 bridgehead atoms. The Kier molecular flexibility index (Phi) is 4.50. The Hall–Kier alpha value is -2.04. The Morgan fingerprint density at radius 2 is 1.90 bits per heavy atom. The number of amides is 1. The lowest BCUT2D eigenvalue weighted by atomic mass is 10.2. The van der Waals surface area contributed by atoms with Crippen molar-refractivity contribution in [2.45, 2.75) is 45.4 Å². The number of esters is 1. The minimum absolute atomic E-state index is 0.178. The Morgan fingerprint density at radius 3 is 2.52 bits per heavy atom. The second-order valence-corrected chi connectivity index (χ2v) is 6.19. The third kappa shape index (κ3) is 5.10. The molecule has 1 aliphatic rings. The van der Waals surface area contributed by atoms with E-state index in [9.17, 15) is 9.59 Å². The molecular weight excluding hydrogens is 270 g/mol. The van der Waals surface area contributed by atoms with Crippen LogP contribution >= 0.6 is 0 Å². The van der Waals surface area contributed by atoms with Crippen LogP contribution in [-0.2, 0) is 20.9 Å². The summed E-state index contributed by atoms with van der Waals surface area (Å²) in [6, 6.07) is 9.32. The zero-order valence-corrected chi connectivity index (χ0v) is 12.6. The van der Waals surface area contributed by atoms with Gasteiger partial charge in [-0.1, -0.05) is 30.3 Å². The molecule has 0 saturated heterocycles. The van der Waals surface area contributed by atoms with E-state index in [-0.39, 0.29) is 24.5 Å². The van der Waals surface area contributed by atoms with Gasteiger partial charge in [0.05, 0.1) is 5.92 Å². The van der Waals surface area contributed by atoms with Gasteiger partial charge in [-0.2, -0.15) is 0 Å². The second kappa shape index (κ2) is 6.16.